The Morgan fingerprint density at radius 1 is 1.04 bits per heavy atom. The van der Waals surface area contributed by atoms with Crippen molar-refractivity contribution in [3.05, 3.63) is 95.8 Å². The smallest absolute Gasteiger partial charge is 0.243 e. The maximum absolute atomic E-state index is 13.7. The Labute approximate surface area is 158 Å². The van der Waals surface area contributed by atoms with Crippen LogP contribution in [0.5, 0.6) is 5.75 Å². The van der Waals surface area contributed by atoms with Crippen LogP contribution in [0.3, 0.4) is 0 Å². The van der Waals surface area contributed by atoms with Gasteiger partial charge in [-0.1, -0.05) is 48.5 Å². The first-order valence-corrected chi connectivity index (χ1v) is 8.62. The lowest BCUT2D eigenvalue weighted by Crippen LogP contribution is -2.13. The Balaban J connectivity index is 1.92. The Morgan fingerprint density at radius 3 is 2.59 bits per heavy atom. The highest BCUT2D eigenvalue weighted by molar-refractivity contribution is 5.93. The third-order valence-electron chi connectivity index (χ3n) is 4.07. The third kappa shape index (κ3) is 5.05. The molecule has 3 aromatic carbocycles. The van der Waals surface area contributed by atoms with Gasteiger partial charge >= 0.3 is 0 Å². The van der Waals surface area contributed by atoms with E-state index in [-0.39, 0.29) is 11.7 Å². The third-order valence-corrected chi connectivity index (χ3v) is 4.07. The number of carbonyl (C=O) groups excluding carboxylic acids is 1. The summed E-state index contributed by atoms with van der Waals surface area (Å²) in [5, 5.41) is 2.54. The highest BCUT2D eigenvalue weighted by atomic mass is 19.1. The first kappa shape index (κ1) is 18.4. The first-order valence-electron chi connectivity index (χ1n) is 8.62. The van der Waals surface area contributed by atoms with E-state index in [2.05, 4.69) is 5.32 Å². The second kappa shape index (κ2) is 8.81. The molecule has 3 aromatic rings. The number of rotatable bonds is 6. The van der Waals surface area contributed by atoms with Gasteiger partial charge in [0.15, 0.2) is 0 Å². The molecule has 1 amide bonds. The van der Waals surface area contributed by atoms with Gasteiger partial charge in [-0.25, -0.2) is 4.39 Å². The molecule has 3 rings (SSSR count). The molecule has 0 saturated carbocycles. The number of hydrogen-bond donors (Lipinski definition) is 1. The highest BCUT2D eigenvalue weighted by Gasteiger charge is 2.08. The van der Waals surface area contributed by atoms with E-state index in [0.717, 1.165) is 22.3 Å². The van der Waals surface area contributed by atoms with Crippen LogP contribution in [0.2, 0.25) is 0 Å². The van der Waals surface area contributed by atoms with Gasteiger partial charge in [0.25, 0.3) is 0 Å². The van der Waals surface area contributed by atoms with Crippen LogP contribution in [0, 0.1) is 5.82 Å². The quantitative estimate of drug-likeness (QED) is 0.639. The standard InChI is InChI=1S/C23H20FNO2/c1-25-23(26)13-11-18-10-12-21(27-16-17-6-3-2-4-7-17)15-22(18)19-8-5-9-20(24)14-19/h2-15H,16H2,1H3,(H,25,26)/b13-11+. The van der Waals surface area contributed by atoms with Crippen LogP contribution in [-0.2, 0) is 11.4 Å². The van der Waals surface area contributed by atoms with Gasteiger partial charge in [0, 0.05) is 13.1 Å². The van der Waals surface area contributed by atoms with Crippen LogP contribution < -0.4 is 10.1 Å². The number of benzene rings is 3. The van der Waals surface area contributed by atoms with Crippen LogP contribution in [0.25, 0.3) is 17.2 Å². The molecule has 0 bridgehead atoms. The zero-order valence-electron chi connectivity index (χ0n) is 15.0. The zero-order chi connectivity index (χ0) is 19.1. The highest BCUT2D eigenvalue weighted by Crippen LogP contribution is 2.30. The lowest BCUT2D eigenvalue weighted by atomic mass is 9.98. The van der Waals surface area contributed by atoms with E-state index in [4.69, 9.17) is 4.74 Å². The molecule has 136 valence electrons. The molecule has 0 spiro atoms. The van der Waals surface area contributed by atoms with Crippen molar-refractivity contribution in [3.8, 4) is 16.9 Å². The summed E-state index contributed by atoms with van der Waals surface area (Å²) in [6, 6.07) is 21.8. The largest absolute Gasteiger partial charge is 0.489 e. The minimum atomic E-state index is -0.315. The van der Waals surface area contributed by atoms with Crippen molar-refractivity contribution in [3.63, 3.8) is 0 Å². The van der Waals surface area contributed by atoms with E-state index in [1.54, 1.807) is 19.2 Å². The van der Waals surface area contributed by atoms with Crippen molar-refractivity contribution in [1.29, 1.82) is 0 Å². The molecular formula is C23H20FNO2. The zero-order valence-corrected chi connectivity index (χ0v) is 15.0. The van der Waals surface area contributed by atoms with Crippen molar-refractivity contribution in [2.75, 3.05) is 7.05 Å². The van der Waals surface area contributed by atoms with Gasteiger partial charge in [0.05, 0.1) is 0 Å². The molecule has 0 saturated heterocycles. The van der Waals surface area contributed by atoms with Crippen molar-refractivity contribution in [1.82, 2.24) is 5.32 Å². The Hall–Kier alpha value is -3.40. The number of amides is 1. The number of likely N-dealkylation sites (N-methyl/N-ethyl adjacent to an activating group) is 1. The second-order valence-electron chi connectivity index (χ2n) is 5.98. The van der Waals surface area contributed by atoms with E-state index in [0.29, 0.717) is 12.4 Å². The fourth-order valence-corrected chi connectivity index (χ4v) is 2.67. The second-order valence-corrected chi connectivity index (χ2v) is 5.98. The molecule has 1 N–H and O–H groups in total. The summed E-state index contributed by atoms with van der Waals surface area (Å²) in [7, 11) is 1.57. The van der Waals surface area contributed by atoms with Gasteiger partial charge in [0.2, 0.25) is 5.91 Å². The van der Waals surface area contributed by atoms with Crippen LogP contribution in [0.1, 0.15) is 11.1 Å². The average molecular weight is 361 g/mol. The van der Waals surface area contributed by atoms with Crippen LogP contribution in [-0.4, -0.2) is 13.0 Å². The molecule has 0 aromatic heterocycles. The van der Waals surface area contributed by atoms with Gasteiger partial charge < -0.3 is 10.1 Å². The van der Waals surface area contributed by atoms with Gasteiger partial charge in [0.1, 0.15) is 18.2 Å². The first-order chi connectivity index (χ1) is 13.2. The molecular weight excluding hydrogens is 341 g/mol. The fourth-order valence-electron chi connectivity index (χ4n) is 2.67. The van der Waals surface area contributed by atoms with Crippen LogP contribution >= 0.6 is 0 Å². The Kier molecular flexibility index (Phi) is 6.00. The molecule has 4 heteroatoms. The van der Waals surface area contributed by atoms with Crippen molar-refractivity contribution >= 4 is 12.0 Å². The van der Waals surface area contributed by atoms with Gasteiger partial charge in [-0.05, 0) is 52.6 Å². The summed E-state index contributed by atoms with van der Waals surface area (Å²) < 4.78 is 19.6. The minimum absolute atomic E-state index is 0.204. The van der Waals surface area contributed by atoms with E-state index in [9.17, 15) is 9.18 Å². The molecule has 0 aliphatic heterocycles. The van der Waals surface area contributed by atoms with E-state index < -0.39 is 0 Å². The van der Waals surface area contributed by atoms with E-state index >= 15 is 0 Å². The summed E-state index contributed by atoms with van der Waals surface area (Å²) in [6.45, 7) is 0.441. The lowest BCUT2D eigenvalue weighted by Gasteiger charge is -2.12. The SMILES string of the molecule is CNC(=O)/C=C/c1ccc(OCc2ccccc2)cc1-c1cccc(F)c1. The van der Waals surface area contributed by atoms with Gasteiger partial charge in [-0.2, -0.15) is 0 Å². The summed E-state index contributed by atoms with van der Waals surface area (Å²) in [6.07, 6.45) is 3.16. The normalized spacial score (nSPS) is 10.7. The predicted molar refractivity (Wildman–Crippen MR) is 106 cm³/mol. The summed E-state index contributed by atoms with van der Waals surface area (Å²) in [5.41, 5.74) is 3.38. The summed E-state index contributed by atoms with van der Waals surface area (Å²) >= 11 is 0. The van der Waals surface area contributed by atoms with Crippen molar-refractivity contribution in [2.24, 2.45) is 0 Å². The number of nitrogens with one attached hydrogen (secondary N) is 1. The van der Waals surface area contributed by atoms with Crippen molar-refractivity contribution in [2.45, 2.75) is 6.61 Å². The van der Waals surface area contributed by atoms with Crippen LogP contribution in [0.15, 0.2) is 78.9 Å². The molecule has 27 heavy (non-hydrogen) atoms. The summed E-state index contributed by atoms with van der Waals surface area (Å²) in [5.74, 6) is 0.157. The van der Waals surface area contributed by atoms with Gasteiger partial charge in [-0.3, -0.25) is 4.79 Å². The molecule has 0 aliphatic carbocycles. The average Bonchev–Trinajstić information content (AvgIpc) is 2.71. The van der Waals surface area contributed by atoms with Crippen molar-refractivity contribution < 1.29 is 13.9 Å². The predicted octanol–water partition coefficient (Wildman–Crippen LogP) is 4.83. The topological polar surface area (TPSA) is 38.3 Å². The molecule has 0 radical (unpaired) electrons. The number of hydrogen-bond acceptors (Lipinski definition) is 2. The molecule has 0 aliphatic rings. The number of ether oxygens (including phenoxy) is 1. The minimum Gasteiger partial charge on any atom is -0.489 e. The number of halogens is 1. The van der Waals surface area contributed by atoms with Gasteiger partial charge in [-0.15, -0.1) is 0 Å². The Bertz CT molecular complexity index is 952. The molecule has 0 fully saturated rings. The van der Waals surface area contributed by atoms with E-state index in [1.165, 1.54) is 18.2 Å². The number of carbonyl (C=O) groups is 1. The van der Waals surface area contributed by atoms with Crippen LogP contribution in [0.4, 0.5) is 4.39 Å². The van der Waals surface area contributed by atoms with E-state index in [1.807, 2.05) is 54.6 Å². The molecule has 0 atom stereocenters. The molecule has 0 unspecified atom stereocenters. The summed E-state index contributed by atoms with van der Waals surface area (Å²) in [4.78, 5) is 11.5. The monoisotopic (exact) mass is 361 g/mol. The fraction of sp³-hybridized carbons (Fsp3) is 0.0870. The Morgan fingerprint density at radius 2 is 1.85 bits per heavy atom. The molecule has 0 heterocycles. The maximum atomic E-state index is 13.7. The lowest BCUT2D eigenvalue weighted by molar-refractivity contribution is -0.115. The molecule has 3 nitrogen and oxygen atoms in total. The maximum Gasteiger partial charge on any atom is 0.243 e.